The standard InChI is InChI=1S/C14H13ClN4/c15-12-3-1-2-11-13(5-7-17-14(11)12)16-6-4-10-8-18-19-9-10/h1-3,5,7-9H,4,6H2,(H,16,17)(H,18,19). The van der Waals surface area contributed by atoms with Crippen molar-refractivity contribution < 1.29 is 0 Å². The van der Waals surface area contributed by atoms with Crippen molar-refractivity contribution in [3.8, 4) is 0 Å². The van der Waals surface area contributed by atoms with Gasteiger partial charge in [-0.1, -0.05) is 23.7 Å². The second kappa shape index (κ2) is 5.28. The van der Waals surface area contributed by atoms with E-state index in [0.29, 0.717) is 5.02 Å². The molecule has 0 amide bonds. The lowest BCUT2D eigenvalue weighted by Crippen LogP contribution is -2.05. The van der Waals surface area contributed by atoms with E-state index in [2.05, 4.69) is 20.5 Å². The SMILES string of the molecule is Clc1cccc2c(NCCc3cn[nH]c3)ccnc12. The number of anilines is 1. The first-order chi connectivity index (χ1) is 9.34. The second-order valence-corrected chi connectivity index (χ2v) is 4.69. The first kappa shape index (κ1) is 12.0. The summed E-state index contributed by atoms with van der Waals surface area (Å²) < 4.78 is 0. The van der Waals surface area contributed by atoms with Gasteiger partial charge in [0.1, 0.15) is 0 Å². The number of nitrogens with zero attached hydrogens (tertiary/aromatic N) is 2. The van der Waals surface area contributed by atoms with E-state index in [1.165, 1.54) is 5.56 Å². The number of benzene rings is 1. The smallest absolute Gasteiger partial charge is 0.0908 e. The maximum absolute atomic E-state index is 6.14. The van der Waals surface area contributed by atoms with Gasteiger partial charge >= 0.3 is 0 Å². The van der Waals surface area contributed by atoms with E-state index in [1.807, 2.05) is 36.7 Å². The van der Waals surface area contributed by atoms with Crippen LogP contribution in [0.4, 0.5) is 5.69 Å². The summed E-state index contributed by atoms with van der Waals surface area (Å²) in [4.78, 5) is 4.31. The van der Waals surface area contributed by atoms with Crippen molar-refractivity contribution in [3.63, 3.8) is 0 Å². The van der Waals surface area contributed by atoms with Gasteiger partial charge < -0.3 is 5.32 Å². The van der Waals surface area contributed by atoms with E-state index in [-0.39, 0.29) is 0 Å². The summed E-state index contributed by atoms with van der Waals surface area (Å²) in [7, 11) is 0. The highest BCUT2D eigenvalue weighted by Crippen LogP contribution is 2.26. The Morgan fingerprint density at radius 3 is 3.05 bits per heavy atom. The van der Waals surface area contributed by atoms with E-state index in [9.17, 15) is 0 Å². The van der Waals surface area contributed by atoms with E-state index in [4.69, 9.17) is 11.6 Å². The van der Waals surface area contributed by atoms with Gasteiger partial charge in [-0.3, -0.25) is 10.1 Å². The van der Waals surface area contributed by atoms with Crippen molar-refractivity contribution in [2.75, 3.05) is 11.9 Å². The molecule has 2 aromatic heterocycles. The Kier molecular flexibility index (Phi) is 3.33. The van der Waals surface area contributed by atoms with Crippen LogP contribution in [0, 0.1) is 0 Å². The van der Waals surface area contributed by atoms with Crippen LogP contribution >= 0.6 is 11.6 Å². The number of H-pyrrole nitrogens is 1. The molecule has 0 aliphatic heterocycles. The summed E-state index contributed by atoms with van der Waals surface area (Å²) in [5, 5.41) is 11.9. The van der Waals surface area contributed by atoms with E-state index < -0.39 is 0 Å². The normalized spacial score (nSPS) is 10.8. The quantitative estimate of drug-likeness (QED) is 0.766. The van der Waals surface area contributed by atoms with Crippen LogP contribution in [0.5, 0.6) is 0 Å². The van der Waals surface area contributed by atoms with Crippen molar-refractivity contribution in [2.45, 2.75) is 6.42 Å². The molecular formula is C14H13ClN4. The second-order valence-electron chi connectivity index (χ2n) is 4.28. The predicted octanol–water partition coefficient (Wildman–Crippen LogP) is 3.27. The van der Waals surface area contributed by atoms with Gasteiger partial charge in [0.2, 0.25) is 0 Å². The largest absolute Gasteiger partial charge is 0.384 e. The maximum Gasteiger partial charge on any atom is 0.0908 e. The molecule has 2 heterocycles. The predicted molar refractivity (Wildman–Crippen MR) is 77.5 cm³/mol. The van der Waals surface area contributed by atoms with Crippen LogP contribution in [0.3, 0.4) is 0 Å². The van der Waals surface area contributed by atoms with Gasteiger partial charge in [-0.05, 0) is 24.1 Å². The first-order valence-electron chi connectivity index (χ1n) is 6.09. The maximum atomic E-state index is 6.14. The fourth-order valence-corrected chi connectivity index (χ4v) is 2.27. The molecule has 3 aromatic rings. The van der Waals surface area contributed by atoms with Gasteiger partial charge in [0.05, 0.1) is 16.7 Å². The molecule has 2 N–H and O–H groups in total. The number of para-hydroxylation sites is 1. The topological polar surface area (TPSA) is 53.6 Å². The average Bonchev–Trinajstić information content (AvgIpc) is 2.93. The first-order valence-corrected chi connectivity index (χ1v) is 6.47. The molecule has 0 radical (unpaired) electrons. The van der Waals surface area contributed by atoms with Gasteiger partial charge in [-0.15, -0.1) is 0 Å². The van der Waals surface area contributed by atoms with Crippen molar-refractivity contribution >= 4 is 28.2 Å². The number of hydrogen-bond donors (Lipinski definition) is 2. The molecule has 0 fully saturated rings. The molecule has 0 bridgehead atoms. The molecule has 96 valence electrons. The van der Waals surface area contributed by atoms with Crippen molar-refractivity contribution in [2.24, 2.45) is 0 Å². The Hall–Kier alpha value is -2.07. The third kappa shape index (κ3) is 2.53. The Morgan fingerprint density at radius 2 is 2.21 bits per heavy atom. The molecule has 0 spiro atoms. The lowest BCUT2D eigenvalue weighted by atomic mass is 10.2. The van der Waals surface area contributed by atoms with Crippen molar-refractivity contribution in [1.29, 1.82) is 0 Å². The third-order valence-electron chi connectivity index (χ3n) is 3.01. The molecule has 4 nitrogen and oxygen atoms in total. The highest BCUT2D eigenvalue weighted by atomic mass is 35.5. The summed E-state index contributed by atoms with van der Waals surface area (Å²) in [6.07, 6.45) is 6.43. The average molecular weight is 273 g/mol. The fourth-order valence-electron chi connectivity index (χ4n) is 2.05. The summed E-state index contributed by atoms with van der Waals surface area (Å²) in [5.41, 5.74) is 3.07. The van der Waals surface area contributed by atoms with Crippen LogP contribution in [-0.4, -0.2) is 21.7 Å². The molecule has 0 saturated carbocycles. The Labute approximate surface area is 115 Å². The molecule has 0 saturated heterocycles. The zero-order valence-electron chi connectivity index (χ0n) is 10.2. The number of aromatic amines is 1. The summed E-state index contributed by atoms with van der Waals surface area (Å²) in [6.45, 7) is 0.838. The van der Waals surface area contributed by atoms with Crippen LogP contribution in [0.2, 0.25) is 5.02 Å². The number of aromatic nitrogens is 3. The lowest BCUT2D eigenvalue weighted by molar-refractivity contribution is 1.02. The molecule has 0 unspecified atom stereocenters. The number of halogens is 1. The summed E-state index contributed by atoms with van der Waals surface area (Å²) in [5.74, 6) is 0. The molecule has 0 aliphatic carbocycles. The minimum Gasteiger partial charge on any atom is -0.384 e. The molecule has 0 aliphatic rings. The van der Waals surface area contributed by atoms with Crippen molar-refractivity contribution in [1.82, 2.24) is 15.2 Å². The molecule has 5 heteroatoms. The molecular weight excluding hydrogens is 260 g/mol. The summed E-state index contributed by atoms with van der Waals surface area (Å²) >= 11 is 6.14. The third-order valence-corrected chi connectivity index (χ3v) is 3.31. The van der Waals surface area contributed by atoms with Gasteiger partial charge in [-0.25, -0.2) is 0 Å². The van der Waals surface area contributed by atoms with Crippen LogP contribution in [0.15, 0.2) is 42.9 Å². The van der Waals surface area contributed by atoms with E-state index in [1.54, 1.807) is 6.20 Å². The molecule has 19 heavy (non-hydrogen) atoms. The van der Waals surface area contributed by atoms with Gasteiger partial charge in [0, 0.05) is 30.0 Å². The van der Waals surface area contributed by atoms with Crippen LogP contribution in [0.1, 0.15) is 5.56 Å². The molecule has 0 atom stereocenters. The minimum atomic E-state index is 0.677. The Morgan fingerprint density at radius 1 is 1.26 bits per heavy atom. The monoisotopic (exact) mass is 272 g/mol. The lowest BCUT2D eigenvalue weighted by Gasteiger charge is -2.09. The highest BCUT2D eigenvalue weighted by molar-refractivity contribution is 6.35. The molecule has 1 aromatic carbocycles. The zero-order chi connectivity index (χ0) is 13.1. The minimum absolute atomic E-state index is 0.677. The fraction of sp³-hybridized carbons (Fsp3) is 0.143. The Bertz CT molecular complexity index is 679. The van der Waals surface area contributed by atoms with E-state index in [0.717, 1.165) is 29.6 Å². The van der Waals surface area contributed by atoms with Crippen LogP contribution < -0.4 is 5.32 Å². The van der Waals surface area contributed by atoms with Gasteiger partial charge in [-0.2, -0.15) is 5.10 Å². The van der Waals surface area contributed by atoms with Crippen LogP contribution in [-0.2, 0) is 6.42 Å². The van der Waals surface area contributed by atoms with Gasteiger partial charge in [0.15, 0.2) is 0 Å². The number of pyridine rings is 1. The van der Waals surface area contributed by atoms with E-state index >= 15 is 0 Å². The highest BCUT2D eigenvalue weighted by Gasteiger charge is 2.04. The molecule has 3 rings (SSSR count). The summed E-state index contributed by atoms with van der Waals surface area (Å²) in [6, 6.07) is 7.78. The number of nitrogens with one attached hydrogen (secondary N) is 2. The number of fused-ring (bicyclic) bond motifs is 1. The number of rotatable bonds is 4. The Balaban J connectivity index is 1.79. The van der Waals surface area contributed by atoms with Crippen molar-refractivity contribution in [3.05, 3.63) is 53.4 Å². The number of hydrogen-bond acceptors (Lipinski definition) is 3. The van der Waals surface area contributed by atoms with Gasteiger partial charge in [0.25, 0.3) is 0 Å². The van der Waals surface area contributed by atoms with Crippen LogP contribution in [0.25, 0.3) is 10.9 Å². The zero-order valence-corrected chi connectivity index (χ0v) is 11.0.